The molecule has 1 aromatic rings. The zero-order valence-electron chi connectivity index (χ0n) is 20.2. The highest BCUT2D eigenvalue weighted by atomic mass is 16.5. The molecule has 1 unspecified atom stereocenters. The van der Waals surface area contributed by atoms with Gasteiger partial charge in [0.2, 0.25) is 0 Å². The van der Waals surface area contributed by atoms with Crippen LogP contribution in [0.4, 0.5) is 0 Å². The second-order valence-corrected chi connectivity index (χ2v) is 9.21. The molecular weight excluding hydrogens is 368 g/mol. The van der Waals surface area contributed by atoms with Crippen LogP contribution in [0, 0.1) is 18.8 Å². The molecule has 0 aliphatic heterocycles. The van der Waals surface area contributed by atoms with Crippen molar-refractivity contribution >= 4 is 6.08 Å². The summed E-state index contributed by atoms with van der Waals surface area (Å²) in [5.41, 5.74) is 4.15. The molecule has 1 atom stereocenters. The topological polar surface area (TPSA) is 18.5 Å². The minimum Gasteiger partial charge on any atom is -0.493 e. The molecule has 2 heteroatoms. The van der Waals surface area contributed by atoms with E-state index in [1.807, 2.05) is 0 Å². The molecular formula is C28H46O2. The van der Waals surface area contributed by atoms with Crippen molar-refractivity contribution in [3.8, 4) is 5.75 Å². The van der Waals surface area contributed by atoms with Gasteiger partial charge in [0.05, 0.1) is 6.61 Å². The van der Waals surface area contributed by atoms with Gasteiger partial charge in [-0.1, -0.05) is 64.2 Å². The SMILES string of the molecule is CCC(CC)CC(CC)COCCCCCCOc1ccc(C=C2CCC2)cc1C. The van der Waals surface area contributed by atoms with E-state index in [1.165, 1.54) is 75.3 Å². The molecule has 0 amide bonds. The number of ether oxygens (including phenoxy) is 2. The fourth-order valence-corrected chi connectivity index (χ4v) is 4.22. The lowest BCUT2D eigenvalue weighted by Gasteiger charge is -2.20. The first-order chi connectivity index (χ1) is 14.7. The first-order valence-corrected chi connectivity index (χ1v) is 12.7. The van der Waals surface area contributed by atoms with Gasteiger partial charge in [-0.25, -0.2) is 0 Å². The molecule has 0 bridgehead atoms. The lowest BCUT2D eigenvalue weighted by Crippen LogP contribution is -2.14. The molecule has 1 aliphatic rings. The summed E-state index contributed by atoms with van der Waals surface area (Å²) in [4.78, 5) is 0. The Hall–Kier alpha value is -1.28. The molecule has 1 aromatic carbocycles. The maximum Gasteiger partial charge on any atom is 0.122 e. The maximum atomic E-state index is 6.02. The summed E-state index contributed by atoms with van der Waals surface area (Å²) in [6.07, 6.45) is 16.2. The van der Waals surface area contributed by atoms with E-state index in [-0.39, 0.29) is 0 Å². The fraction of sp³-hybridized carbons (Fsp3) is 0.714. The van der Waals surface area contributed by atoms with Crippen LogP contribution in [0.15, 0.2) is 23.8 Å². The summed E-state index contributed by atoms with van der Waals surface area (Å²) < 4.78 is 12.0. The van der Waals surface area contributed by atoms with Crippen molar-refractivity contribution in [3.63, 3.8) is 0 Å². The monoisotopic (exact) mass is 414 g/mol. The van der Waals surface area contributed by atoms with Crippen molar-refractivity contribution in [1.82, 2.24) is 0 Å². The van der Waals surface area contributed by atoms with Crippen LogP contribution < -0.4 is 4.74 Å². The molecule has 1 fully saturated rings. The van der Waals surface area contributed by atoms with E-state index < -0.39 is 0 Å². The van der Waals surface area contributed by atoms with Gasteiger partial charge in [-0.15, -0.1) is 0 Å². The van der Waals surface area contributed by atoms with Crippen LogP contribution in [0.5, 0.6) is 5.75 Å². The molecule has 0 spiro atoms. The van der Waals surface area contributed by atoms with Crippen molar-refractivity contribution in [3.05, 3.63) is 34.9 Å². The van der Waals surface area contributed by atoms with Crippen LogP contribution in [0.25, 0.3) is 6.08 Å². The van der Waals surface area contributed by atoms with E-state index in [1.54, 1.807) is 5.57 Å². The molecule has 0 heterocycles. The molecule has 170 valence electrons. The highest BCUT2D eigenvalue weighted by molar-refractivity contribution is 5.56. The Morgan fingerprint density at radius 2 is 1.60 bits per heavy atom. The molecule has 0 saturated heterocycles. The number of benzene rings is 1. The standard InChI is InChI=1S/C28H46O2/c1-5-24(6-2)20-25(7-3)22-29-17-10-8-9-11-18-30-28-16-15-27(19-23(28)4)21-26-13-12-14-26/h15-16,19,21,24-25H,5-14,17-18,20,22H2,1-4H3. The van der Waals surface area contributed by atoms with E-state index in [9.17, 15) is 0 Å². The van der Waals surface area contributed by atoms with Crippen molar-refractivity contribution in [2.24, 2.45) is 11.8 Å². The number of hydrogen-bond donors (Lipinski definition) is 0. The van der Waals surface area contributed by atoms with Gasteiger partial charge in [0.1, 0.15) is 5.75 Å². The second kappa shape index (κ2) is 14.7. The summed E-state index contributed by atoms with van der Waals surface area (Å²) in [7, 11) is 0. The van der Waals surface area contributed by atoms with Gasteiger partial charge in [0, 0.05) is 13.2 Å². The minimum absolute atomic E-state index is 0.739. The Balaban J connectivity index is 1.51. The summed E-state index contributed by atoms with van der Waals surface area (Å²) in [6.45, 7) is 11.8. The molecule has 2 rings (SSSR count). The summed E-state index contributed by atoms with van der Waals surface area (Å²) in [6, 6.07) is 6.59. The van der Waals surface area contributed by atoms with Gasteiger partial charge in [-0.2, -0.15) is 0 Å². The van der Waals surface area contributed by atoms with E-state index in [0.29, 0.717) is 0 Å². The van der Waals surface area contributed by atoms with Crippen LogP contribution in [0.3, 0.4) is 0 Å². The fourth-order valence-electron chi connectivity index (χ4n) is 4.22. The Morgan fingerprint density at radius 1 is 0.900 bits per heavy atom. The van der Waals surface area contributed by atoms with Crippen LogP contribution in [-0.2, 0) is 4.74 Å². The zero-order valence-corrected chi connectivity index (χ0v) is 20.2. The van der Waals surface area contributed by atoms with E-state index in [4.69, 9.17) is 9.47 Å². The summed E-state index contributed by atoms with van der Waals surface area (Å²) in [5.74, 6) is 2.65. The Kier molecular flexibility index (Phi) is 12.2. The van der Waals surface area contributed by atoms with Crippen molar-refractivity contribution in [1.29, 1.82) is 0 Å². The summed E-state index contributed by atoms with van der Waals surface area (Å²) in [5, 5.41) is 0. The number of unbranched alkanes of at least 4 members (excludes halogenated alkanes) is 3. The van der Waals surface area contributed by atoms with Gasteiger partial charge >= 0.3 is 0 Å². The molecule has 0 radical (unpaired) electrons. The zero-order chi connectivity index (χ0) is 21.6. The molecule has 1 aliphatic carbocycles. The van der Waals surface area contributed by atoms with Crippen LogP contribution >= 0.6 is 0 Å². The lowest BCUT2D eigenvalue weighted by atomic mass is 9.89. The quantitative estimate of drug-likeness (QED) is 0.253. The first-order valence-electron chi connectivity index (χ1n) is 12.7. The van der Waals surface area contributed by atoms with Crippen molar-refractivity contribution in [2.45, 2.75) is 98.3 Å². The summed E-state index contributed by atoms with van der Waals surface area (Å²) >= 11 is 0. The average molecular weight is 415 g/mol. The minimum atomic E-state index is 0.739. The Bertz CT molecular complexity index is 609. The third-order valence-corrected chi connectivity index (χ3v) is 6.76. The normalized spacial score (nSPS) is 14.6. The van der Waals surface area contributed by atoms with Gasteiger partial charge in [0.25, 0.3) is 0 Å². The molecule has 1 saturated carbocycles. The average Bonchev–Trinajstić information content (AvgIpc) is 2.73. The van der Waals surface area contributed by atoms with E-state index in [2.05, 4.69) is 52.0 Å². The Morgan fingerprint density at radius 3 is 2.20 bits per heavy atom. The first kappa shape index (κ1) is 25.0. The third-order valence-electron chi connectivity index (χ3n) is 6.76. The predicted molar refractivity (Wildman–Crippen MR) is 130 cm³/mol. The Labute approximate surface area is 186 Å². The molecule has 0 aromatic heterocycles. The molecule has 30 heavy (non-hydrogen) atoms. The number of rotatable bonds is 16. The van der Waals surface area contributed by atoms with Gasteiger partial charge < -0.3 is 9.47 Å². The highest BCUT2D eigenvalue weighted by Crippen LogP contribution is 2.29. The van der Waals surface area contributed by atoms with Crippen molar-refractivity contribution < 1.29 is 9.47 Å². The highest BCUT2D eigenvalue weighted by Gasteiger charge is 2.12. The van der Waals surface area contributed by atoms with Crippen LogP contribution in [0.2, 0.25) is 0 Å². The van der Waals surface area contributed by atoms with Gasteiger partial charge in [-0.3, -0.25) is 0 Å². The van der Waals surface area contributed by atoms with Gasteiger partial charge in [-0.05, 0) is 87.0 Å². The molecule has 0 N–H and O–H groups in total. The van der Waals surface area contributed by atoms with E-state index in [0.717, 1.165) is 43.8 Å². The number of hydrogen-bond acceptors (Lipinski definition) is 2. The van der Waals surface area contributed by atoms with Crippen molar-refractivity contribution in [2.75, 3.05) is 19.8 Å². The third kappa shape index (κ3) is 9.25. The van der Waals surface area contributed by atoms with Crippen LogP contribution in [-0.4, -0.2) is 19.8 Å². The second-order valence-electron chi connectivity index (χ2n) is 9.21. The van der Waals surface area contributed by atoms with Gasteiger partial charge in [0.15, 0.2) is 0 Å². The van der Waals surface area contributed by atoms with E-state index >= 15 is 0 Å². The number of aryl methyl sites for hydroxylation is 1. The maximum absolute atomic E-state index is 6.02. The smallest absolute Gasteiger partial charge is 0.122 e. The predicted octanol–water partition coefficient (Wildman–Crippen LogP) is 8.37. The lowest BCUT2D eigenvalue weighted by molar-refractivity contribution is 0.0844. The molecule has 2 nitrogen and oxygen atoms in total. The largest absolute Gasteiger partial charge is 0.493 e. The number of allylic oxidation sites excluding steroid dienone is 1. The van der Waals surface area contributed by atoms with Crippen LogP contribution in [0.1, 0.15) is 103 Å².